The van der Waals surface area contributed by atoms with Crippen molar-refractivity contribution in [1.82, 2.24) is 14.8 Å². The summed E-state index contributed by atoms with van der Waals surface area (Å²) in [5, 5.41) is 0. The van der Waals surface area contributed by atoms with Crippen LogP contribution in [0.25, 0.3) is 0 Å². The van der Waals surface area contributed by atoms with E-state index in [1.54, 1.807) is 11.1 Å². The number of amides is 2. The number of rotatable bonds is 3. The molecule has 6 nitrogen and oxygen atoms in total. The maximum atomic E-state index is 12.7. The van der Waals surface area contributed by atoms with Gasteiger partial charge in [0.05, 0.1) is 30.4 Å². The van der Waals surface area contributed by atoms with Gasteiger partial charge in [-0.15, -0.1) is 0 Å². The molecular formula is C17H23N3O3. The average Bonchev–Trinajstić information content (AvgIpc) is 2.87. The quantitative estimate of drug-likeness (QED) is 0.836. The molecule has 2 fully saturated rings. The molecule has 124 valence electrons. The van der Waals surface area contributed by atoms with Gasteiger partial charge in [0.15, 0.2) is 0 Å². The maximum absolute atomic E-state index is 12.7. The molecule has 0 unspecified atom stereocenters. The number of likely N-dealkylation sites (tertiary alicyclic amines) is 1. The molecule has 2 amide bonds. The van der Waals surface area contributed by atoms with E-state index in [0.29, 0.717) is 32.6 Å². The van der Waals surface area contributed by atoms with E-state index < -0.39 is 0 Å². The van der Waals surface area contributed by atoms with Crippen molar-refractivity contribution in [3.05, 3.63) is 30.1 Å². The molecule has 2 aliphatic heterocycles. The number of morpholine rings is 1. The van der Waals surface area contributed by atoms with Crippen LogP contribution >= 0.6 is 0 Å². The molecule has 3 heterocycles. The maximum Gasteiger partial charge on any atom is 0.228 e. The Hall–Kier alpha value is -1.95. The lowest BCUT2D eigenvalue weighted by molar-refractivity contribution is -0.147. The molecule has 6 heteroatoms. The van der Waals surface area contributed by atoms with Crippen LogP contribution in [-0.4, -0.2) is 58.4 Å². The Bertz CT molecular complexity index is 568. The third-order valence-electron chi connectivity index (χ3n) is 4.37. The zero-order valence-corrected chi connectivity index (χ0v) is 13.6. The smallest absolute Gasteiger partial charge is 0.228 e. The lowest BCUT2D eigenvalue weighted by Crippen LogP contribution is -2.50. The van der Waals surface area contributed by atoms with Crippen molar-refractivity contribution in [2.75, 3.05) is 19.6 Å². The summed E-state index contributed by atoms with van der Waals surface area (Å²) in [6.07, 6.45) is 2.11. The van der Waals surface area contributed by atoms with Crippen molar-refractivity contribution in [2.45, 2.75) is 39.0 Å². The highest BCUT2D eigenvalue weighted by molar-refractivity contribution is 5.89. The van der Waals surface area contributed by atoms with Gasteiger partial charge in [-0.05, 0) is 26.0 Å². The van der Waals surface area contributed by atoms with E-state index in [2.05, 4.69) is 4.98 Å². The Morgan fingerprint density at radius 3 is 2.65 bits per heavy atom. The first-order valence-corrected chi connectivity index (χ1v) is 8.15. The standard InChI is InChI=1S/C17H23N3O3/c1-12-8-20(9-13(2)23-12)17(22)14-7-16(21)19(10-14)11-15-5-3-4-6-18-15/h3-6,12-14H,7-11H2,1-2H3/t12-,13+,14-/m0/s1. The van der Waals surface area contributed by atoms with Crippen LogP contribution in [0.5, 0.6) is 0 Å². The summed E-state index contributed by atoms with van der Waals surface area (Å²) < 4.78 is 5.67. The summed E-state index contributed by atoms with van der Waals surface area (Å²) in [6.45, 7) is 6.11. The van der Waals surface area contributed by atoms with Crippen LogP contribution in [0, 0.1) is 5.92 Å². The molecule has 0 aliphatic carbocycles. The van der Waals surface area contributed by atoms with Crippen LogP contribution in [0.15, 0.2) is 24.4 Å². The predicted octanol–water partition coefficient (Wildman–Crippen LogP) is 1.07. The minimum Gasteiger partial charge on any atom is -0.372 e. The second kappa shape index (κ2) is 6.66. The Balaban J connectivity index is 1.61. The second-order valence-corrected chi connectivity index (χ2v) is 6.50. The number of aromatic nitrogens is 1. The summed E-state index contributed by atoms with van der Waals surface area (Å²) in [5.74, 6) is -0.143. The summed E-state index contributed by atoms with van der Waals surface area (Å²) >= 11 is 0. The van der Waals surface area contributed by atoms with Crippen LogP contribution in [-0.2, 0) is 20.9 Å². The van der Waals surface area contributed by atoms with Crippen LogP contribution in [0.2, 0.25) is 0 Å². The molecule has 2 aliphatic rings. The summed E-state index contributed by atoms with van der Waals surface area (Å²) in [7, 11) is 0. The van der Waals surface area contributed by atoms with E-state index in [4.69, 9.17) is 4.74 Å². The van der Waals surface area contributed by atoms with Crippen molar-refractivity contribution in [2.24, 2.45) is 5.92 Å². The molecule has 0 spiro atoms. The van der Waals surface area contributed by atoms with Crippen molar-refractivity contribution in [1.29, 1.82) is 0 Å². The summed E-state index contributed by atoms with van der Waals surface area (Å²) in [4.78, 5) is 32.8. The number of hydrogen-bond donors (Lipinski definition) is 0. The van der Waals surface area contributed by atoms with E-state index in [0.717, 1.165) is 5.69 Å². The van der Waals surface area contributed by atoms with Gasteiger partial charge in [0.25, 0.3) is 0 Å². The van der Waals surface area contributed by atoms with E-state index in [1.807, 2.05) is 36.9 Å². The van der Waals surface area contributed by atoms with Gasteiger partial charge in [0.2, 0.25) is 11.8 Å². The van der Waals surface area contributed by atoms with Crippen LogP contribution in [0.3, 0.4) is 0 Å². The normalized spacial score (nSPS) is 28.3. The van der Waals surface area contributed by atoms with Crippen molar-refractivity contribution in [3.8, 4) is 0 Å². The fraction of sp³-hybridized carbons (Fsp3) is 0.588. The number of pyridine rings is 1. The van der Waals surface area contributed by atoms with Gasteiger partial charge in [0.1, 0.15) is 0 Å². The third-order valence-corrected chi connectivity index (χ3v) is 4.37. The minimum atomic E-state index is -0.247. The van der Waals surface area contributed by atoms with Gasteiger partial charge < -0.3 is 14.5 Å². The average molecular weight is 317 g/mol. The SMILES string of the molecule is C[C@@H]1CN(C(=O)[C@H]2CC(=O)N(Cc3ccccn3)C2)C[C@H](C)O1. The lowest BCUT2D eigenvalue weighted by atomic mass is 10.1. The molecule has 1 aromatic rings. The monoisotopic (exact) mass is 317 g/mol. The molecule has 0 aromatic carbocycles. The van der Waals surface area contributed by atoms with Gasteiger partial charge in [-0.1, -0.05) is 6.07 Å². The highest BCUT2D eigenvalue weighted by Crippen LogP contribution is 2.23. The van der Waals surface area contributed by atoms with E-state index in [1.165, 1.54) is 0 Å². The number of nitrogens with zero attached hydrogens (tertiary/aromatic N) is 3. The molecular weight excluding hydrogens is 294 g/mol. The number of hydrogen-bond acceptors (Lipinski definition) is 4. The minimum absolute atomic E-state index is 0.0309. The van der Waals surface area contributed by atoms with Gasteiger partial charge in [-0.2, -0.15) is 0 Å². The molecule has 1 aromatic heterocycles. The second-order valence-electron chi connectivity index (χ2n) is 6.50. The van der Waals surface area contributed by atoms with Gasteiger partial charge in [-0.25, -0.2) is 0 Å². The lowest BCUT2D eigenvalue weighted by Gasteiger charge is -2.36. The Morgan fingerprint density at radius 1 is 1.26 bits per heavy atom. The highest BCUT2D eigenvalue weighted by Gasteiger charge is 2.38. The molecule has 0 radical (unpaired) electrons. The number of ether oxygens (including phenoxy) is 1. The van der Waals surface area contributed by atoms with E-state index in [-0.39, 0.29) is 29.9 Å². The summed E-state index contributed by atoms with van der Waals surface area (Å²) in [6, 6.07) is 5.65. The number of carbonyl (C=O) groups is 2. The molecule has 0 N–H and O–H groups in total. The fourth-order valence-electron chi connectivity index (χ4n) is 3.39. The van der Waals surface area contributed by atoms with Crippen LogP contribution in [0.1, 0.15) is 26.0 Å². The molecule has 3 atom stereocenters. The van der Waals surface area contributed by atoms with E-state index in [9.17, 15) is 9.59 Å². The van der Waals surface area contributed by atoms with Crippen LogP contribution in [0.4, 0.5) is 0 Å². The fourth-order valence-corrected chi connectivity index (χ4v) is 3.39. The largest absolute Gasteiger partial charge is 0.372 e. The third kappa shape index (κ3) is 3.69. The first kappa shape index (κ1) is 15.9. The molecule has 0 bridgehead atoms. The van der Waals surface area contributed by atoms with Crippen molar-refractivity contribution >= 4 is 11.8 Å². The Kier molecular flexibility index (Phi) is 4.61. The van der Waals surface area contributed by atoms with Gasteiger partial charge in [-0.3, -0.25) is 14.6 Å². The zero-order chi connectivity index (χ0) is 16.4. The number of carbonyl (C=O) groups excluding carboxylic acids is 2. The van der Waals surface area contributed by atoms with Gasteiger partial charge in [0, 0.05) is 32.3 Å². The van der Waals surface area contributed by atoms with Crippen molar-refractivity contribution in [3.63, 3.8) is 0 Å². The topological polar surface area (TPSA) is 62.7 Å². The molecule has 2 saturated heterocycles. The molecule has 0 saturated carbocycles. The summed E-state index contributed by atoms with van der Waals surface area (Å²) in [5.41, 5.74) is 0.850. The van der Waals surface area contributed by atoms with Gasteiger partial charge >= 0.3 is 0 Å². The Labute approximate surface area is 136 Å². The first-order chi connectivity index (χ1) is 11.0. The molecule has 3 rings (SSSR count). The molecule has 23 heavy (non-hydrogen) atoms. The zero-order valence-electron chi connectivity index (χ0n) is 13.6. The Morgan fingerprint density at radius 2 is 2.00 bits per heavy atom. The van der Waals surface area contributed by atoms with Crippen LogP contribution < -0.4 is 0 Å². The van der Waals surface area contributed by atoms with Crippen molar-refractivity contribution < 1.29 is 14.3 Å². The predicted molar refractivity (Wildman–Crippen MR) is 84.4 cm³/mol. The highest BCUT2D eigenvalue weighted by atomic mass is 16.5. The van der Waals surface area contributed by atoms with E-state index >= 15 is 0 Å². The first-order valence-electron chi connectivity index (χ1n) is 8.15.